The van der Waals surface area contributed by atoms with E-state index in [2.05, 4.69) is 0 Å². The van der Waals surface area contributed by atoms with E-state index in [4.69, 9.17) is 4.74 Å². The van der Waals surface area contributed by atoms with Gasteiger partial charge in [0.2, 0.25) is 0 Å². The standard InChI is InChI=1S/C15H16O3S/c1-9-4-6-11(7-5-9)13-8-12(17)14(10(2)16)15(18-13)19-3/h4-7,13H,8H2,1-3H3. The van der Waals surface area contributed by atoms with E-state index in [1.165, 1.54) is 18.7 Å². The van der Waals surface area contributed by atoms with E-state index in [0.29, 0.717) is 5.09 Å². The molecule has 4 heteroatoms. The third kappa shape index (κ3) is 2.89. The fourth-order valence-electron chi connectivity index (χ4n) is 2.07. The van der Waals surface area contributed by atoms with Gasteiger partial charge in [0.05, 0.1) is 6.42 Å². The Labute approximate surface area is 117 Å². The SMILES string of the molecule is CSC1=C(C(C)=O)C(=O)CC(c2ccc(C)cc2)O1. The average Bonchev–Trinajstić information content (AvgIpc) is 2.38. The first-order valence-electron chi connectivity index (χ1n) is 6.08. The topological polar surface area (TPSA) is 43.4 Å². The highest BCUT2D eigenvalue weighted by molar-refractivity contribution is 8.02. The Hall–Kier alpha value is -1.55. The molecular weight excluding hydrogens is 260 g/mol. The molecule has 19 heavy (non-hydrogen) atoms. The van der Waals surface area contributed by atoms with E-state index in [1.807, 2.05) is 37.4 Å². The fourth-order valence-corrected chi connectivity index (χ4v) is 2.75. The minimum Gasteiger partial charge on any atom is -0.478 e. The minimum atomic E-state index is -0.293. The van der Waals surface area contributed by atoms with Crippen molar-refractivity contribution in [2.45, 2.75) is 26.4 Å². The second-order valence-electron chi connectivity index (χ2n) is 4.57. The van der Waals surface area contributed by atoms with Gasteiger partial charge in [-0.05, 0) is 25.7 Å². The van der Waals surface area contributed by atoms with E-state index in [0.717, 1.165) is 11.1 Å². The molecule has 1 aromatic carbocycles. The van der Waals surface area contributed by atoms with Crippen LogP contribution in [-0.4, -0.2) is 17.8 Å². The fraction of sp³-hybridized carbons (Fsp3) is 0.333. The lowest BCUT2D eigenvalue weighted by Gasteiger charge is -2.26. The number of rotatable bonds is 3. The summed E-state index contributed by atoms with van der Waals surface area (Å²) in [6.45, 7) is 3.41. The van der Waals surface area contributed by atoms with E-state index in [-0.39, 0.29) is 29.7 Å². The van der Waals surface area contributed by atoms with Crippen molar-refractivity contribution in [3.8, 4) is 0 Å². The molecular formula is C15H16O3S. The molecule has 0 amide bonds. The van der Waals surface area contributed by atoms with E-state index in [9.17, 15) is 9.59 Å². The molecule has 0 aliphatic carbocycles. The molecule has 0 fully saturated rings. The Morgan fingerprint density at radius 2 is 1.95 bits per heavy atom. The van der Waals surface area contributed by atoms with Crippen LogP contribution in [0.1, 0.15) is 30.6 Å². The highest BCUT2D eigenvalue weighted by Crippen LogP contribution is 2.36. The maximum Gasteiger partial charge on any atom is 0.174 e. The van der Waals surface area contributed by atoms with Crippen LogP contribution in [0.4, 0.5) is 0 Å². The molecule has 0 bridgehead atoms. The number of hydrogen-bond acceptors (Lipinski definition) is 4. The zero-order chi connectivity index (χ0) is 14.0. The van der Waals surface area contributed by atoms with Gasteiger partial charge in [-0.25, -0.2) is 0 Å². The highest BCUT2D eigenvalue weighted by Gasteiger charge is 2.31. The number of allylic oxidation sites excluding steroid dienone is 1. The van der Waals surface area contributed by atoms with Crippen LogP contribution >= 0.6 is 11.8 Å². The van der Waals surface area contributed by atoms with Crippen molar-refractivity contribution < 1.29 is 14.3 Å². The summed E-state index contributed by atoms with van der Waals surface area (Å²) in [5.41, 5.74) is 2.33. The molecule has 1 unspecified atom stereocenters. The van der Waals surface area contributed by atoms with Crippen molar-refractivity contribution in [3.05, 3.63) is 46.1 Å². The largest absolute Gasteiger partial charge is 0.478 e. The number of aryl methyl sites for hydroxylation is 1. The molecule has 0 saturated carbocycles. The van der Waals surface area contributed by atoms with Crippen molar-refractivity contribution in [1.82, 2.24) is 0 Å². The van der Waals surface area contributed by atoms with Crippen molar-refractivity contribution in [3.63, 3.8) is 0 Å². The summed E-state index contributed by atoms with van der Waals surface area (Å²) in [4.78, 5) is 23.6. The normalized spacial score (nSPS) is 19.3. The Bertz CT molecular complexity index is 543. The molecule has 1 aliphatic rings. The molecule has 100 valence electrons. The van der Waals surface area contributed by atoms with Gasteiger partial charge in [0.25, 0.3) is 0 Å². The van der Waals surface area contributed by atoms with Crippen LogP contribution in [0.25, 0.3) is 0 Å². The summed E-state index contributed by atoms with van der Waals surface area (Å²) in [5.74, 6) is -0.356. The van der Waals surface area contributed by atoms with Crippen LogP contribution in [0.2, 0.25) is 0 Å². The van der Waals surface area contributed by atoms with Gasteiger partial charge in [-0.3, -0.25) is 9.59 Å². The predicted octanol–water partition coefficient (Wildman–Crippen LogP) is 3.19. The number of carbonyl (C=O) groups excluding carboxylic acids is 2. The number of Topliss-reactive ketones (excluding diaryl/α,β-unsaturated/α-hetero) is 2. The van der Waals surface area contributed by atoms with Crippen LogP contribution < -0.4 is 0 Å². The van der Waals surface area contributed by atoms with Crippen molar-refractivity contribution >= 4 is 23.3 Å². The number of thioether (sulfide) groups is 1. The minimum absolute atomic E-state index is 0.131. The zero-order valence-corrected chi connectivity index (χ0v) is 12.0. The van der Waals surface area contributed by atoms with Gasteiger partial charge in [0.1, 0.15) is 11.7 Å². The van der Waals surface area contributed by atoms with Crippen LogP contribution in [0.15, 0.2) is 34.9 Å². The van der Waals surface area contributed by atoms with Crippen LogP contribution in [0, 0.1) is 6.92 Å². The zero-order valence-electron chi connectivity index (χ0n) is 11.2. The molecule has 1 heterocycles. The van der Waals surface area contributed by atoms with Gasteiger partial charge >= 0.3 is 0 Å². The Balaban J connectivity index is 2.32. The molecule has 0 saturated heterocycles. The third-order valence-electron chi connectivity index (χ3n) is 3.09. The van der Waals surface area contributed by atoms with Gasteiger partial charge in [-0.1, -0.05) is 41.6 Å². The van der Waals surface area contributed by atoms with Crippen molar-refractivity contribution in [2.24, 2.45) is 0 Å². The van der Waals surface area contributed by atoms with Crippen molar-refractivity contribution in [2.75, 3.05) is 6.26 Å². The Morgan fingerprint density at radius 1 is 1.32 bits per heavy atom. The summed E-state index contributed by atoms with van der Waals surface area (Å²) < 4.78 is 5.81. The quantitative estimate of drug-likeness (QED) is 0.795. The van der Waals surface area contributed by atoms with E-state index >= 15 is 0 Å². The first-order chi connectivity index (χ1) is 9.02. The van der Waals surface area contributed by atoms with Gasteiger partial charge in [-0.15, -0.1) is 0 Å². The van der Waals surface area contributed by atoms with Gasteiger partial charge in [-0.2, -0.15) is 0 Å². The average molecular weight is 276 g/mol. The third-order valence-corrected chi connectivity index (χ3v) is 3.76. The number of carbonyl (C=O) groups is 2. The van der Waals surface area contributed by atoms with Crippen LogP contribution in [0.3, 0.4) is 0 Å². The number of ether oxygens (including phenoxy) is 1. The van der Waals surface area contributed by atoms with E-state index < -0.39 is 0 Å². The molecule has 0 N–H and O–H groups in total. The summed E-state index contributed by atoms with van der Waals surface area (Å²) in [7, 11) is 0. The molecule has 1 atom stereocenters. The lowest BCUT2D eigenvalue weighted by Crippen LogP contribution is -2.23. The Kier molecular flexibility index (Phi) is 4.10. The lowest BCUT2D eigenvalue weighted by molar-refractivity contribution is -0.123. The van der Waals surface area contributed by atoms with Gasteiger partial charge < -0.3 is 4.74 Å². The van der Waals surface area contributed by atoms with E-state index in [1.54, 1.807) is 0 Å². The second kappa shape index (κ2) is 5.61. The molecule has 3 nitrogen and oxygen atoms in total. The molecule has 2 rings (SSSR count). The Morgan fingerprint density at radius 3 is 2.47 bits per heavy atom. The first-order valence-corrected chi connectivity index (χ1v) is 7.31. The molecule has 1 aliphatic heterocycles. The summed E-state index contributed by atoms with van der Waals surface area (Å²) in [6, 6.07) is 7.91. The number of hydrogen-bond donors (Lipinski definition) is 0. The maximum atomic E-state index is 12.1. The molecule has 0 radical (unpaired) electrons. The van der Waals surface area contributed by atoms with Crippen molar-refractivity contribution in [1.29, 1.82) is 0 Å². The summed E-state index contributed by atoms with van der Waals surface area (Å²) in [6.07, 6.45) is 1.74. The number of ketones is 2. The highest BCUT2D eigenvalue weighted by atomic mass is 32.2. The van der Waals surface area contributed by atoms with Gasteiger partial charge in [0.15, 0.2) is 16.7 Å². The first kappa shape index (κ1) is 13.9. The molecule has 0 spiro atoms. The monoisotopic (exact) mass is 276 g/mol. The summed E-state index contributed by atoms with van der Waals surface area (Å²) in [5, 5.41) is 0.439. The predicted molar refractivity (Wildman–Crippen MR) is 75.9 cm³/mol. The second-order valence-corrected chi connectivity index (χ2v) is 5.35. The summed E-state index contributed by atoms with van der Waals surface area (Å²) >= 11 is 1.30. The molecule has 0 aromatic heterocycles. The lowest BCUT2D eigenvalue weighted by atomic mass is 9.96. The maximum absolute atomic E-state index is 12.1. The van der Waals surface area contributed by atoms with Crippen LogP contribution in [0.5, 0.6) is 0 Å². The molecule has 1 aromatic rings. The van der Waals surface area contributed by atoms with Gasteiger partial charge in [0, 0.05) is 0 Å². The van der Waals surface area contributed by atoms with Crippen LogP contribution in [-0.2, 0) is 14.3 Å². The smallest absolute Gasteiger partial charge is 0.174 e. The number of benzene rings is 1.